The zero-order chi connectivity index (χ0) is 16.1. The van der Waals surface area contributed by atoms with Gasteiger partial charge < -0.3 is 10.5 Å². The molecule has 0 saturated heterocycles. The largest absolute Gasteiger partial charge is 0.491 e. The van der Waals surface area contributed by atoms with Gasteiger partial charge in [-0.05, 0) is 32.2 Å². The van der Waals surface area contributed by atoms with Gasteiger partial charge in [0.2, 0.25) is 0 Å². The van der Waals surface area contributed by atoms with E-state index >= 15 is 0 Å². The smallest absolute Gasteiger partial charge is 0.386 e. The standard InChI is InChI=1S/C13H20F3NO3S/c14-13(15,16)11(19)20-10(18)12(6-2-1-3-8-17)7-4-5-9(12)21/h9,21H,1-8,17H2. The number of carbonyl (C=O) groups is 2. The third kappa shape index (κ3) is 4.60. The average Bonchev–Trinajstić information content (AvgIpc) is 2.76. The monoisotopic (exact) mass is 327 g/mol. The second-order valence-electron chi connectivity index (χ2n) is 5.34. The van der Waals surface area contributed by atoms with Crippen LogP contribution in [-0.2, 0) is 14.3 Å². The lowest BCUT2D eigenvalue weighted by molar-refractivity contribution is -0.205. The van der Waals surface area contributed by atoms with Gasteiger partial charge >= 0.3 is 18.1 Å². The van der Waals surface area contributed by atoms with Crippen LogP contribution >= 0.6 is 12.6 Å². The molecule has 0 amide bonds. The van der Waals surface area contributed by atoms with E-state index in [2.05, 4.69) is 17.4 Å². The van der Waals surface area contributed by atoms with Crippen molar-refractivity contribution in [2.45, 2.75) is 56.4 Å². The van der Waals surface area contributed by atoms with E-state index in [1.807, 2.05) is 0 Å². The SMILES string of the molecule is NCCCCCC1(C(=O)OC(=O)C(F)(F)F)CCCC1S. The van der Waals surface area contributed by atoms with Crippen molar-refractivity contribution >= 4 is 24.6 Å². The Hall–Kier alpha value is -0.760. The molecule has 122 valence electrons. The van der Waals surface area contributed by atoms with Crippen LogP contribution < -0.4 is 5.73 Å². The third-order valence-electron chi connectivity index (χ3n) is 3.89. The number of hydrogen-bond donors (Lipinski definition) is 2. The zero-order valence-corrected chi connectivity index (χ0v) is 12.5. The zero-order valence-electron chi connectivity index (χ0n) is 11.6. The summed E-state index contributed by atoms with van der Waals surface area (Å²) in [5, 5.41) is -0.385. The molecule has 1 rings (SSSR count). The van der Waals surface area contributed by atoms with E-state index in [0.717, 1.165) is 12.8 Å². The quantitative estimate of drug-likeness (QED) is 0.340. The predicted molar refractivity (Wildman–Crippen MR) is 73.7 cm³/mol. The van der Waals surface area contributed by atoms with Crippen LogP contribution in [0.25, 0.3) is 0 Å². The highest BCUT2D eigenvalue weighted by Gasteiger charge is 2.51. The maximum absolute atomic E-state index is 12.2. The Morgan fingerprint density at radius 3 is 2.43 bits per heavy atom. The van der Waals surface area contributed by atoms with Crippen LogP contribution in [0.3, 0.4) is 0 Å². The third-order valence-corrected chi connectivity index (χ3v) is 4.64. The second-order valence-corrected chi connectivity index (χ2v) is 5.96. The van der Waals surface area contributed by atoms with Crippen molar-refractivity contribution in [1.82, 2.24) is 0 Å². The Morgan fingerprint density at radius 1 is 1.29 bits per heavy atom. The summed E-state index contributed by atoms with van der Waals surface area (Å²) < 4.78 is 40.7. The van der Waals surface area contributed by atoms with Crippen molar-refractivity contribution in [2.75, 3.05) is 6.54 Å². The molecule has 2 unspecified atom stereocenters. The fourth-order valence-electron chi connectivity index (χ4n) is 2.69. The number of nitrogens with two attached hydrogens (primary N) is 1. The minimum absolute atomic E-state index is 0.366. The van der Waals surface area contributed by atoms with Crippen LogP contribution in [0.5, 0.6) is 0 Å². The van der Waals surface area contributed by atoms with Crippen molar-refractivity contribution in [3.63, 3.8) is 0 Å². The first-order chi connectivity index (χ1) is 9.74. The van der Waals surface area contributed by atoms with Gasteiger partial charge in [-0.1, -0.05) is 19.3 Å². The minimum Gasteiger partial charge on any atom is -0.386 e. The molecule has 4 nitrogen and oxygen atoms in total. The first kappa shape index (κ1) is 18.3. The molecular weight excluding hydrogens is 307 g/mol. The summed E-state index contributed by atoms with van der Waals surface area (Å²) >= 11 is 4.31. The van der Waals surface area contributed by atoms with Gasteiger partial charge in [0, 0.05) is 5.25 Å². The number of esters is 2. The molecular formula is C13H20F3NO3S. The average molecular weight is 327 g/mol. The molecule has 2 N–H and O–H groups in total. The molecule has 21 heavy (non-hydrogen) atoms. The van der Waals surface area contributed by atoms with Gasteiger partial charge in [0.25, 0.3) is 0 Å². The molecule has 0 aromatic carbocycles. The van der Waals surface area contributed by atoms with E-state index < -0.39 is 23.5 Å². The Labute approximate surface area is 127 Å². The Bertz CT molecular complexity index is 389. The number of alkyl halides is 3. The summed E-state index contributed by atoms with van der Waals surface area (Å²) in [6.07, 6.45) is -0.900. The number of thiol groups is 1. The van der Waals surface area contributed by atoms with Crippen LogP contribution in [0.15, 0.2) is 0 Å². The molecule has 1 fully saturated rings. The van der Waals surface area contributed by atoms with E-state index in [-0.39, 0.29) is 5.25 Å². The molecule has 1 aliphatic carbocycles. The molecule has 0 spiro atoms. The van der Waals surface area contributed by atoms with Gasteiger partial charge in [-0.25, -0.2) is 4.79 Å². The highest BCUT2D eigenvalue weighted by atomic mass is 32.1. The van der Waals surface area contributed by atoms with Gasteiger partial charge in [0.1, 0.15) is 0 Å². The molecule has 1 aliphatic rings. The number of hydrogen-bond acceptors (Lipinski definition) is 5. The number of unbranched alkanes of at least 4 members (excludes halogenated alkanes) is 2. The predicted octanol–water partition coefficient (Wildman–Crippen LogP) is 2.61. The summed E-state index contributed by atoms with van der Waals surface area (Å²) in [6, 6.07) is 0. The number of halogens is 3. The summed E-state index contributed by atoms with van der Waals surface area (Å²) in [5.41, 5.74) is 4.28. The fraction of sp³-hybridized carbons (Fsp3) is 0.846. The van der Waals surface area contributed by atoms with Gasteiger partial charge in [0.15, 0.2) is 0 Å². The highest BCUT2D eigenvalue weighted by Crippen LogP contribution is 2.46. The van der Waals surface area contributed by atoms with Crippen molar-refractivity contribution in [1.29, 1.82) is 0 Å². The van der Waals surface area contributed by atoms with Crippen LogP contribution in [-0.4, -0.2) is 29.9 Å². The molecule has 0 heterocycles. The van der Waals surface area contributed by atoms with Gasteiger partial charge in [-0.3, -0.25) is 4.79 Å². The first-order valence-corrected chi connectivity index (χ1v) is 7.47. The van der Waals surface area contributed by atoms with Crippen LogP contribution in [0.4, 0.5) is 13.2 Å². The van der Waals surface area contributed by atoms with Crippen molar-refractivity contribution in [3.05, 3.63) is 0 Å². The molecule has 0 aliphatic heterocycles. The van der Waals surface area contributed by atoms with E-state index in [0.29, 0.717) is 38.6 Å². The molecule has 1 saturated carbocycles. The lowest BCUT2D eigenvalue weighted by Gasteiger charge is -2.30. The van der Waals surface area contributed by atoms with Crippen LogP contribution in [0, 0.1) is 5.41 Å². The maximum atomic E-state index is 12.2. The fourth-order valence-corrected chi connectivity index (χ4v) is 3.24. The molecule has 0 radical (unpaired) electrons. The Balaban J connectivity index is 2.73. The van der Waals surface area contributed by atoms with Crippen molar-refractivity contribution < 1.29 is 27.5 Å². The Morgan fingerprint density at radius 2 is 1.95 bits per heavy atom. The lowest BCUT2D eigenvalue weighted by atomic mass is 9.80. The van der Waals surface area contributed by atoms with E-state index in [9.17, 15) is 22.8 Å². The highest BCUT2D eigenvalue weighted by molar-refractivity contribution is 7.81. The summed E-state index contributed by atoms with van der Waals surface area (Å²) in [4.78, 5) is 22.9. The van der Waals surface area contributed by atoms with E-state index in [4.69, 9.17) is 5.73 Å². The number of ether oxygens (including phenoxy) is 1. The molecule has 0 bridgehead atoms. The normalized spacial score (nSPS) is 25.9. The first-order valence-electron chi connectivity index (χ1n) is 6.95. The van der Waals surface area contributed by atoms with Crippen LogP contribution in [0.1, 0.15) is 44.9 Å². The summed E-state index contributed by atoms with van der Waals surface area (Å²) in [7, 11) is 0. The van der Waals surface area contributed by atoms with E-state index in [1.165, 1.54) is 0 Å². The van der Waals surface area contributed by atoms with Crippen molar-refractivity contribution in [2.24, 2.45) is 11.1 Å². The number of carbonyl (C=O) groups excluding carboxylic acids is 2. The lowest BCUT2D eigenvalue weighted by Crippen LogP contribution is -2.41. The van der Waals surface area contributed by atoms with E-state index in [1.54, 1.807) is 0 Å². The topological polar surface area (TPSA) is 69.4 Å². The van der Waals surface area contributed by atoms with Crippen molar-refractivity contribution in [3.8, 4) is 0 Å². The Kier molecular flexibility index (Phi) is 6.52. The second kappa shape index (κ2) is 7.49. The minimum atomic E-state index is -5.17. The molecule has 0 aromatic rings. The number of rotatable bonds is 6. The molecule has 0 aromatic heterocycles. The summed E-state index contributed by atoms with van der Waals surface area (Å²) in [5.74, 6) is -3.56. The maximum Gasteiger partial charge on any atom is 0.491 e. The van der Waals surface area contributed by atoms with Gasteiger partial charge in [-0.15, -0.1) is 0 Å². The van der Waals surface area contributed by atoms with Gasteiger partial charge in [-0.2, -0.15) is 25.8 Å². The molecule has 2 atom stereocenters. The molecule has 8 heteroatoms. The summed E-state index contributed by atoms with van der Waals surface area (Å²) in [6.45, 7) is 0.522. The van der Waals surface area contributed by atoms with Crippen LogP contribution in [0.2, 0.25) is 0 Å². The van der Waals surface area contributed by atoms with Gasteiger partial charge in [0.05, 0.1) is 5.41 Å².